The van der Waals surface area contributed by atoms with Gasteiger partial charge in [-0.15, -0.1) is 0 Å². The van der Waals surface area contributed by atoms with Gasteiger partial charge in [0.2, 0.25) is 0 Å². The van der Waals surface area contributed by atoms with E-state index in [-0.39, 0.29) is 0 Å². The molecule has 0 radical (unpaired) electrons. The molecule has 2 N–H and O–H groups in total. The van der Waals surface area contributed by atoms with Crippen LogP contribution in [0.4, 0.5) is 5.69 Å². The highest BCUT2D eigenvalue weighted by molar-refractivity contribution is 5.83. The molecule has 3 aromatic heterocycles. The van der Waals surface area contributed by atoms with Crippen LogP contribution >= 0.6 is 0 Å². The van der Waals surface area contributed by atoms with Gasteiger partial charge in [0.15, 0.2) is 0 Å². The number of pyridine rings is 2. The number of nitrogen functional groups attached to an aromatic ring is 1. The Morgan fingerprint density at radius 1 is 1.11 bits per heavy atom. The summed E-state index contributed by atoms with van der Waals surface area (Å²) in [7, 11) is 0. The third-order valence-electron chi connectivity index (χ3n) is 3.50. The van der Waals surface area contributed by atoms with Crippen molar-refractivity contribution in [1.82, 2.24) is 19.5 Å². The molecule has 0 saturated heterocycles. The van der Waals surface area contributed by atoms with Gasteiger partial charge >= 0.3 is 0 Å². The van der Waals surface area contributed by atoms with Gasteiger partial charge in [-0.05, 0) is 25.0 Å². The van der Waals surface area contributed by atoms with Gasteiger partial charge in [0.1, 0.15) is 11.3 Å². The van der Waals surface area contributed by atoms with E-state index in [1.807, 2.05) is 18.3 Å². The van der Waals surface area contributed by atoms with E-state index in [0.29, 0.717) is 11.7 Å². The van der Waals surface area contributed by atoms with Gasteiger partial charge in [-0.2, -0.15) is 0 Å². The molecule has 0 amide bonds. The van der Waals surface area contributed by atoms with Crippen molar-refractivity contribution in [2.45, 2.75) is 18.9 Å². The summed E-state index contributed by atoms with van der Waals surface area (Å²) in [5, 5.41) is 0. The largest absolute Gasteiger partial charge is 0.397 e. The van der Waals surface area contributed by atoms with Crippen LogP contribution in [0.2, 0.25) is 0 Å². The molecule has 1 fully saturated rings. The first-order chi connectivity index (χ1) is 9.34. The summed E-state index contributed by atoms with van der Waals surface area (Å²) in [6, 6.07) is 4.47. The van der Waals surface area contributed by atoms with Gasteiger partial charge in [0.25, 0.3) is 0 Å². The van der Waals surface area contributed by atoms with Gasteiger partial charge in [-0.3, -0.25) is 9.97 Å². The molecular weight excluding hydrogens is 238 g/mol. The predicted octanol–water partition coefficient (Wildman–Crippen LogP) is 2.41. The van der Waals surface area contributed by atoms with Crippen molar-refractivity contribution < 1.29 is 0 Å². The van der Waals surface area contributed by atoms with E-state index in [9.17, 15) is 0 Å². The summed E-state index contributed by atoms with van der Waals surface area (Å²) in [6.07, 6.45) is 9.43. The Morgan fingerprint density at radius 2 is 1.89 bits per heavy atom. The van der Waals surface area contributed by atoms with Crippen molar-refractivity contribution >= 4 is 16.7 Å². The number of imidazole rings is 1. The fourth-order valence-electron chi connectivity index (χ4n) is 2.45. The summed E-state index contributed by atoms with van der Waals surface area (Å²) in [6.45, 7) is 0. The summed E-state index contributed by atoms with van der Waals surface area (Å²) < 4.78 is 2.28. The Morgan fingerprint density at radius 3 is 2.68 bits per heavy atom. The van der Waals surface area contributed by atoms with Crippen molar-refractivity contribution in [1.29, 1.82) is 0 Å². The molecule has 1 aliphatic carbocycles. The second-order valence-electron chi connectivity index (χ2n) is 4.86. The van der Waals surface area contributed by atoms with Gasteiger partial charge < -0.3 is 10.3 Å². The van der Waals surface area contributed by atoms with Crippen LogP contribution in [0.3, 0.4) is 0 Å². The smallest absolute Gasteiger partial charge is 0.143 e. The molecule has 0 aromatic carbocycles. The maximum Gasteiger partial charge on any atom is 0.143 e. The zero-order valence-corrected chi connectivity index (χ0v) is 10.3. The van der Waals surface area contributed by atoms with Gasteiger partial charge in [0, 0.05) is 24.0 Å². The number of hydrogen-bond acceptors (Lipinski definition) is 4. The lowest BCUT2D eigenvalue weighted by Gasteiger charge is -2.09. The van der Waals surface area contributed by atoms with Crippen molar-refractivity contribution in [2.75, 3.05) is 5.73 Å². The second-order valence-corrected chi connectivity index (χ2v) is 4.86. The van der Waals surface area contributed by atoms with E-state index >= 15 is 0 Å². The van der Waals surface area contributed by atoms with Crippen LogP contribution in [0, 0.1) is 0 Å². The molecule has 1 saturated carbocycles. The minimum absolute atomic E-state index is 0.537. The maximum absolute atomic E-state index is 6.03. The molecule has 0 bridgehead atoms. The summed E-state index contributed by atoms with van der Waals surface area (Å²) in [4.78, 5) is 12.9. The Hall–Kier alpha value is -2.43. The molecule has 1 aliphatic rings. The zero-order chi connectivity index (χ0) is 12.8. The van der Waals surface area contributed by atoms with Crippen molar-refractivity contribution in [3.8, 4) is 11.4 Å². The summed E-state index contributed by atoms with van der Waals surface area (Å²) in [5.74, 6) is 0.922. The predicted molar refractivity (Wildman–Crippen MR) is 73.4 cm³/mol. The molecule has 5 heteroatoms. The first-order valence-electron chi connectivity index (χ1n) is 6.36. The number of rotatable bonds is 2. The molecule has 19 heavy (non-hydrogen) atoms. The summed E-state index contributed by atoms with van der Waals surface area (Å²) >= 11 is 0. The fourth-order valence-corrected chi connectivity index (χ4v) is 2.45. The van der Waals surface area contributed by atoms with Crippen LogP contribution in [0.5, 0.6) is 0 Å². The van der Waals surface area contributed by atoms with Crippen LogP contribution in [0.15, 0.2) is 36.9 Å². The highest BCUT2D eigenvalue weighted by Gasteiger charge is 2.29. The van der Waals surface area contributed by atoms with Crippen molar-refractivity contribution in [2.24, 2.45) is 0 Å². The molecule has 94 valence electrons. The zero-order valence-electron chi connectivity index (χ0n) is 10.3. The SMILES string of the molecule is Nc1cnccc1-c1nc2cnccc2n1C1CC1. The molecule has 0 spiro atoms. The molecule has 0 aliphatic heterocycles. The molecule has 0 unspecified atom stereocenters. The number of fused-ring (bicyclic) bond motifs is 1. The second kappa shape index (κ2) is 3.78. The van der Waals surface area contributed by atoms with Crippen LogP contribution in [0.1, 0.15) is 18.9 Å². The lowest BCUT2D eigenvalue weighted by molar-refractivity contribution is 0.775. The van der Waals surface area contributed by atoms with Crippen molar-refractivity contribution in [3.05, 3.63) is 36.9 Å². The minimum atomic E-state index is 0.537. The normalized spacial score (nSPS) is 14.9. The average Bonchev–Trinajstić information content (AvgIpc) is 3.19. The lowest BCUT2D eigenvalue weighted by atomic mass is 10.2. The van der Waals surface area contributed by atoms with E-state index in [4.69, 9.17) is 10.7 Å². The lowest BCUT2D eigenvalue weighted by Crippen LogP contribution is -2.00. The molecule has 3 aromatic rings. The van der Waals surface area contributed by atoms with Crippen molar-refractivity contribution in [3.63, 3.8) is 0 Å². The van der Waals surface area contributed by atoms with E-state index in [1.54, 1.807) is 18.6 Å². The standard InChI is InChI=1S/C14H13N5/c15-11-7-16-5-3-10(11)14-18-12-8-17-6-4-13(12)19(14)9-1-2-9/h3-9H,1-2,15H2. The Balaban J connectivity index is 2.04. The number of hydrogen-bond donors (Lipinski definition) is 1. The first kappa shape index (κ1) is 10.5. The van der Waals surface area contributed by atoms with Crippen LogP contribution in [0.25, 0.3) is 22.4 Å². The Kier molecular flexibility index (Phi) is 2.09. The van der Waals surface area contributed by atoms with E-state index < -0.39 is 0 Å². The van der Waals surface area contributed by atoms with Gasteiger partial charge in [-0.1, -0.05) is 0 Å². The number of nitrogens with zero attached hydrogens (tertiary/aromatic N) is 4. The number of aromatic nitrogens is 4. The molecule has 5 nitrogen and oxygen atoms in total. The Labute approximate surface area is 110 Å². The molecule has 0 atom stereocenters. The first-order valence-corrected chi connectivity index (χ1v) is 6.36. The molecular formula is C14H13N5. The summed E-state index contributed by atoms with van der Waals surface area (Å²) in [5.41, 5.74) is 9.68. The third-order valence-corrected chi connectivity index (χ3v) is 3.50. The topological polar surface area (TPSA) is 69.6 Å². The van der Waals surface area contributed by atoms with E-state index in [0.717, 1.165) is 22.4 Å². The van der Waals surface area contributed by atoms with Crippen LogP contribution in [-0.4, -0.2) is 19.5 Å². The van der Waals surface area contributed by atoms with E-state index in [1.165, 1.54) is 12.8 Å². The molecule has 3 heterocycles. The van der Waals surface area contributed by atoms with E-state index in [2.05, 4.69) is 14.5 Å². The highest BCUT2D eigenvalue weighted by atomic mass is 15.1. The quantitative estimate of drug-likeness (QED) is 0.759. The fraction of sp³-hybridized carbons (Fsp3) is 0.214. The van der Waals surface area contributed by atoms with Crippen LogP contribution in [-0.2, 0) is 0 Å². The van der Waals surface area contributed by atoms with Gasteiger partial charge in [0.05, 0.1) is 23.6 Å². The monoisotopic (exact) mass is 251 g/mol. The highest BCUT2D eigenvalue weighted by Crippen LogP contribution is 2.41. The third kappa shape index (κ3) is 1.58. The number of nitrogens with two attached hydrogens (primary N) is 1. The van der Waals surface area contributed by atoms with Gasteiger partial charge in [-0.25, -0.2) is 4.98 Å². The maximum atomic E-state index is 6.03. The molecule has 4 rings (SSSR count). The Bertz CT molecular complexity index is 757. The van der Waals surface area contributed by atoms with Crippen LogP contribution < -0.4 is 5.73 Å². The average molecular weight is 251 g/mol. The number of anilines is 1. The minimum Gasteiger partial charge on any atom is -0.397 e.